The van der Waals surface area contributed by atoms with Crippen LogP contribution in [0.15, 0.2) is 0 Å². The Hall–Kier alpha value is -1.39. The summed E-state index contributed by atoms with van der Waals surface area (Å²) >= 11 is 0. The molecular formula is C29H55NO4. The maximum absolute atomic E-state index is 12.9. The van der Waals surface area contributed by atoms with Crippen LogP contribution in [0.3, 0.4) is 0 Å². The Morgan fingerprint density at radius 2 is 0.853 bits per heavy atom. The van der Waals surface area contributed by atoms with Gasteiger partial charge in [0.05, 0.1) is 0 Å². The van der Waals surface area contributed by atoms with E-state index in [2.05, 4.69) is 13.8 Å². The summed E-state index contributed by atoms with van der Waals surface area (Å²) in [6.07, 6.45) is 21.2. The van der Waals surface area contributed by atoms with Crippen molar-refractivity contribution < 1.29 is 19.5 Å². The first-order valence-electron chi connectivity index (χ1n) is 14.4. The first-order valence-corrected chi connectivity index (χ1v) is 14.4. The molecule has 1 atom stereocenters. The standard InChI is InChI=1S/C29H55NO4/c1-5-7-9-11-13-15-17-19-21-23-26(31)30(28(25(3)4)29(33)34)27(32)24-22-20-18-16-14-12-10-8-6-2/h25,28H,5-24H2,1-4H3,(H,33,34)/t28-/m0/s1. The summed E-state index contributed by atoms with van der Waals surface area (Å²) in [6, 6.07) is -1.07. The third-order valence-corrected chi connectivity index (χ3v) is 6.69. The first-order chi connectivity index (χ1) is 16.4. The minimum Gasteiger partial charge on any atom is -0.480 e. The third-order valence-electron chi connectivity index (χ3n) is 6.69. The van der Waals surface area contributed by atoms with Crippen molar-refractivity contribution in [1.29, 1.82) is 0 Å². The van der Waals surface area contributed by atoms with Gasteiger partial charge in [0.1, 0.15) is 6.04 Å². The molecule has 5 nitrogen and oxygen atoms in total. The average molecular weight is 482 g/mol. The number of aliphatic carboxylic acids is 1. The lowest BCUT2D eigenvalue weighted by Crippen LogP contribution is -2.51. The van der Waals surface area contributed by atoms with Gasteiger partial charge < -0.3 is 5.11 Å². The molecule has 0 saturated heterocycles. The Balaban J connectivity index is 4.48. The molecule has 200 valence electrons. The number of carbonyl (C=O) groups excluding carboxylic acids is 2. The van der Waals surface area contributed by atoms with Crippen LogP contribution in [-0.4, -0.2) is 33.8 Å². The Bertz CT molecular complexity index is 498. The minimum absolute atomic E-state index is 0.260. The van der Waals surface area contributed by atoms with Gasteiger partial charge in [-0.05, 0) is 18.8 Å². The summed E-state index contributed by atoms with van der Waals surface area (Å²) < 4.78 is 0. The van der Waals surface area contributed by atoms with Crippen molar-refractivity contribution in [2.75, 3.05) is 0 Å². The Labute approximate surface area is 210 Å². The highest BCUT2D eigenvalue weighted by Crippen LogP contribution is 2.19. The third kappa shape index (κ3) is 16.3. The van der Waals surface area contributed by atoms with Gasteiger partial charge in [-0.25, -0.2) is 4.79 Å². The van der Waals surface area contributed by atoms with Gasteiger partial charge >= 0.3 is 5.97 Å². The van der Waals surface area contributed by atoms with E-state index in [0.717, 1.165) is 43.4 Å². The number of unbranched alkanes of at least 4 members (excludes halogenated alkanes) is 16. The fourth-order valence-corrected chi connectivity index (χ4v) is 4.56. The summed E-state index contributed by atoms with van der Waals surface area (Å²) in [5.41, 5.74) is 0. The summed E-state index contributed by atoms with van der Waals surface area (Å²) in [5, 5.41) is 9.73. The van der Waals surface area contributed by atoms with Gasteiger partial charge in [-0.2, -0.15) is 0 Å². The zero-order valence-corrected chi connectivity index (χ0v) is 22.9. The molecule has 0 radical (unpaired) electrons. The lowest BCUT2D eigenvalue weighted by molar-refractivity contribution is -0.160. The molecule has 0 spiro atoms. The van der Waals surface area contributed by atoms with Gasteiger partial charge in [-0.3, -0.25) is 14.5 Å². The van der Waals surface area contributed by atoms with Crippen molar-refractivity contribution in [1.82, 2.24) is 4.90 Å². The second-order valence-electron chi connectivity index (χ2n) is 10.3. The Kier molecular flexibility index (Phi) is 21.2. The molecule has 0 aliphatic carbocycles. The van der Waals surface area contributed by atoms with Crippen LogP contribution in [-0.2, 0) is 14.4 Å². The second kappa shape index (κ2) is 22.1. The van der Waals surface area contributed by atoms with Gasteiger partial charge in [0.2, 0.25) is 11.8 Å². The molecule has 0 fully saturated rings. The van der Waals surface area contributed by atoms with Crippen LogP contribution in [0.1, 0.15) is 156 Å². The van der Waals surface area contributed by atoms with Crippen LogP contribution < -0.4 is 0 Å². The molecule has 0 bridgehead atoms. The minimum atomic E-state index is -1.09. The van der Waals surface area contributed by atoms with E-state index in [1.54, 1.807) is 13.8 Å². The van der Waals surface area contributed by atoms with Gasteiger partial charge in [-0.1, -0.05) is 130 Å². The van der Waals surface area contributed by atoms with Crippen molar-refractivity contribution in [3.63, 3.8) is 0 Å². The number of rotatable bonds is 23. The smallest absolute Gasteiger partial charge is 0.327 e. The SMILES string of the molecule is CCCCCCCCCCCC(=O)N(C(=O)CCCCCCCCCCC)[C@H](C(=O)O)C(C)C. The predicted octanol–water partition coefficient (Wildman–Crippen LogP) is 8.29. The fourth-order valence-electron chi connectivity index (χ4n) is 4.56. The predicted molar refractivity (Wildman–Crippen MR) is 142 cm³/mol. The number of carboxylic acid groups (broad SMARTS) is 1. The first kappa shape index (κ1) is 32.6. The van der Waals surface area contributed by atoms with E-state index in [0.29, 0.717) is 0 Å². The number of nitrogens with zero attached hydrogens (tertiary/aromatic N) is 1. The lowest BCUT2D eigenvalue weighted by atomic mass is 10.00. The van der Waals surface area contributed by atoms with E-state index >= 15 is 0 Å². The maximum atomic E-state index is 12.9. The second-order valence-corrected chi connectivity index (χ2v) is 10.3. The van der Waals surface area contributed by atoms with Crippen LogP contribution >= 0.6 is 0 Å². The number of imide groups is 1. The summed E-state index contributed by atoms with van der Waals surface area (Å²) in [5.74, 6) is -2.03. The van der Waals surface area contributed by atoms with Crippen LogP contribution in [0.4, 0.5) is 0 Å². The molecule has 0 heterocycles. The number of carboxylic acids is 1. The normalized spacial score (nSPS) is 12.1. The highest BCUT2D eigenvalue weighted by atomic mass is 16.4. The lowest BCUT2D eigenvalue weighted by Gasteiger charge is -2.30. The van der Waals surface area contributed by atoms with Crippen molar-refractivity contribution >= 4 is 17.8 Å². The monoisotopic (exact) mass is 481 g/mol. The highest BCUT2D eigenvalue weighted by molar-refractivity contribution is 5.99. The number of amides is 2. The molecule has 0 saturated carbocycles. The van der Waals surface area contributed by atoms with Gasteiger partial charge in [0, 0.05) is 12.8 Å². The maximum Gasteiger partial charge on any atom is 0.327 e. The Morgan fingerprint density at radius 1 is 0.559 bits per heavy atom. The molecule has 34 heavy (non-hydrogen) atoms. The number of hydrogen-bond donors (Lipinski definition) is 1. The van der Waals surface area contributed by atoms with Crippen molar-refractivity contribution in [3.05, 3.63) is 0 Å². The zero-order chi connectivity index (χ0) is 25.6. The molecule has 0 aromatic carbocycles. The Morgan fingerprint density at radius 3 is 1.12 bits per heavy atom. The van der Waals surface area contributed by atoms with Gasteiger partial charge in [0.25, 0.3) is 0 Å². The van der Waals surface area contributed by atoms with Crippen LogP contribution in [0.2, 0.25) is 0 Å². The van der Waals surface area contributed by atoms with Crippen molar-refractivity contribution in [2.24, 2.45) is 5.92 Å². The topological polar surface area (TPSA) is 74.7 Å². The molecule has 5 heteroatoms. The van der Waals surface area contributed by atoms with E-state index in [-0.39, 0.29) is 30.6 Å². The average Bonchev–Trinajstić information content (AvgIpc) is 2.79. The molecule has 0 aliphatic heterocycles. The van der Waals surface area contributed by atoms with E-state index in [4.69, 9.17) is 0 Å². The van der Waals surface area contributed by atoms with Gasteiger partial charge in [-0.15, -0.1) is 0 Å². The van der Waals surface area contributed by atoms with E-state index < -0.39 is 12.0 Å². The number of carbonyl (C=O) groups is 3. The highest BCUT2D eigenvalue weighted by Gasteiger charge is 2.36. The summed E-state index contributed by atoms with van der Waals surface area (Å²) in [6.45, 7) is 7.97. The summed E-state index contributed by atoms with van der Waals surface area (Å²) in [4.78, 5) is 38.9. The van der Waals surface area contributed by atoms with Crippen LogP contribution in [0.25, 0.3) is 0 Å². The largest absolute Gasteiger partial charge is 0.480 e. The zero-order valence-electron chi connectivity index (χ0n) is 22.9. The number of hydrogen-bond acceptors (Lipinski definition) is 3. The molecule has 0 rings (SSSR count). The summed E-state index contributed by atoms with van der Waals surface area (Å²) in [7, 11) is 0. The molecule has 2 amide bonds. The van der Waals surface area contributed by atoms with Crippen LogP contribution in [0, 0.1) is 5.92 Å². The molecule has 1 N–H and O–H groups in total. The molecule has 0 aromatic rings. The fraction of sp³-hybridized carbons (Fsp3) is 0.897. The molecule has 0 aliphatic rings. The van der Waals surface area contributed by atoms with Gasteiger partial charge in [0.15, 0.2) is 0 Å². The molecule has 0 aromatic heterocycles. The van der Waals surface area contributed by atoms with E-state index in [9.17, 15) is 19.5 Å². The van der Waals surface area contributed by atoms with Crippen molar-refractivity contribution in [2.45, 2.75) is 162 Å². The molecule has 0 unspecified atom stereocenters. The van der Waals surface area contributed by atoms with E-state index in [1.165, 1.54) is 77.0 Å². The van der Waals surface area contributed by atoms with Crippen LogP contribution in [0.5, 0.6) is 0 Å². The molecular weight excluding hydrogens is 426 g/mol. The quantitative estimate of drug-likeness (QED) is 0.149. The van der Waals surface area contributed by atoms with E-state index in [1.807, 2.05) is 0 Å². The van der Waals surface area contributed by atoms with Crippen molar-refractivity contribution in [3.8, 4) is 0 Å².